The van der Waals surface area contributed by atoms with E-state index >= 15 is 0 Å². The van der Waals surface area contributed by atoms with Gasteiger partial charge in [-0.15, -0.1) is 0 Å². The molecular weight excluding hydrogens is 522 g/mol. The fraction of sp³-hybridized carbons (Fsp3) is 0.241. The van der Waals surface area contributed by atoms with Crippen molar-refractivity contribution in [2.45, 2.75) is 43.7 Å². The van der Waals surface area contributed by atoms with Crippen LogP contribution in [0.2, 0.25) is 10.6 Å². The first kappa shape index (κ1) is 23.1. The molecule has 0 fully saturated rings. The first-order valence-electron chi connectivity index (χ1n) is 11.3. The Labute approximate surface area is 205 Å². The number of hydrogen-bond acceptors (Lipinski definition) is 1. The van der Waals surface area contributed by atoms with Crippen molar-refractivity contribution in [1.29, 1.82) is 0 Å². The molecule has 0 unspecified atom stereocenters. The second-order valence-electron chi connectivity index (χ2n) is 7.93. The molecule has 4 aromatic rings. The maximum atomic E-state index is 6.73. The molecular formula is C29H30OSe2. The van der Waals surface area contributed by atoms with Gasteiger partial charge in [0.05, 0.1) is 0 Å². The summed E-state index contributed by atoms with van der Waals surface area (Å²) in [4.78, 5) is 0. The molecule has 0 atom stereocenters. The summed E-state index contributed by atoms with van der Waals surface area (Å²) in [5.74, 6) is 2.13. The van der Waals surface area contributed by atoms with Crippen molar-refractivity contribution in [1.82, 2.24) is 0 Å². The molecule has 0 saturated carbocycles. The third kappa shape index (κ3) is 5.85. The van der Waals surface area contributed by atoms with Gasteiger partial charge in [-0.1, -0.05) is 0 Å². The molecule has 0 radical (unpaired) electrons. The molecule has 0 amide bonds. The van der Waals surface area contributed by atoms with E-state index in [1.165, 1.54) is 54.7 Å². The van der Waals surface area contributed by atoms with Crippen molar-refractivity contribution in [3.63, 3.8) is 0 Å². The standard InChI is InChI=1S/C29H30OSe2/c1-3-4-20-31-21-19-26-27(24-17-15-22(2)16-18-24)30-28(23-11-7-5-8-12-23)29(26)32-25-13-9-6-10-14-25/h5-18H,3-4,19-21H2,1-2H3. The topological polar surface area (TPSA) is 13.1 Å². The summed E-state index contributed by atoms with van der Waals surface area (Å²) in [6.07, 6.45) is 3.75. The third-order valence-corrected chi connectivity index (χ3v) is 10.1. The molecule has 3 aromatic carbocycles. The van der Waals surface area contributed by atoms with Gasteiger partial charge in [-0.3, -0.25) is 0 Å². The van der Waals surface area contributed by atoms with Gasteiger partial charge in [0, 0.05) is 0 Å². The minimum absolute atomic E-state index is 0.199. The van der Waals surface area contributed by atoms with Gasteiger partial charge >= 0.3 is 206 Å². The summed E-state index contributed by atoms with van der Waals surface area (Å²) in [5, 5.41) is 2.66. The average molecular weight is 552 g/mol. The molecule has 1 aromatic heterocycles. The molecule has 0 bridgehead atoms. The summed E-state index contributed by atoms with van der Waals surface area (Å²) >= 11 is 0.895. The molecule has 0 aliphatic carbocycles. The van der Waals surface area contributed by atoms with Crippen molar-refractivity contribution < 1.29 is 4.42 Å². The van der Waals surface area contributed by atoms with E-state index in [1.807, 2.05) is 0 Å². The van der Waals surface area contributed by atoms with Crippen LogP contribution in [0.4, 0.5) is 0 Å². The van der Waals surface area contributed by atoms with E-state index in [4.69, 9.17) is 4.42 Å². The van der Waals surface area contributed by atoms with Crippen LogP contribution in [0.15, 0.2) is 89.3 Å². The predicted octanol–water partition coefficient (Wildman–Crippen LogP) is 6.46. The molecule has 0 aliphatic heterocycles. The average Bonchev–Trinajstić information content (AvgIpc) is 3.18. The van der Waals surface area contributed by atoms with Gasteiger partial charge in [0.1, 0.15) is 0 Å². The van der Waals surface area contributed by atoms with E-state index in [2.05, 4.69) is 98.8 Å². The van der Waals surface area contributed by atoms with E-state index in [-0.39, 0.29) is 15.0 Å². The van der Waals surface area contributed by atoms with Crippen molar-refractivity contribution in [2.75, 3.05) is 0 Å². The van der Waals surface area contributed by atoms with Gasteiger partial charge in [0.25, 0.3) is 0 Å². The van der Waals surface area contributed by atoms with Crippen LogP contribution in [0, 0.1) is 6.92 Å². The first-order valence-corrected chi connectivity index (χ1v) is 15.5. The zero-order valence-electron chi connectivity index (χ0n) is 18.8. The quantitative estimate of drug-likeness (QED) is 0.163. The second-order valence-corrected chi connectivity index (χ2v) is 12.8. The van der Waals surface area contributed by atoms with Gasteiger partial charge in [-0.25, -0.2) is 0 Å². The zero-order chi connectivity index (χ0) is 22.2. The van der Waals surface area contributed by atoms with Gasteiger partial charge in [-0.05, 0) is 0 Å². The molecule has 1 heterocycles. The molecule has 3 heteroatoms. The summed E-state index contributed by atoms with van der Waals surface area (Å²) in [6, 6.07) is 30.4. The number of furan rings is 1. The van der Waals surface area contributed by atoms with Crippen molar-refractivity contribution in [3.05, 3.63) is 96.1 Å². The van der Waals surface area contributed by atoms with Crippen LogP contribution in [-0.4, -0.2) is 29.9 Å². The van der Waals surface area contributed by atoms with Crippen LogP contribution in [0.25, 0.3) is 22.6 Å². The fourth-order valence-corrected chi connectivity index (χ4v) is 8.13. The van der Waals surface area contributed by atoms with E-state index in [0.717, 1.165) is 17.9 Å². The normalized spacial score (nSPS) is 11.1. The van der Waals surface area contributed by atoms with Gasteiger partial charge in [0.15, 0.2) is 0 Å². The SMILES string of the molecule is CCCC[Se]CCc1c(-c2ccc(C)cc2)oc(-c2ccccc2)c1[Se]c1ccccc1. The number of benzene rings is 3. The molecule has 164 valence electrons. The van der Waals surface area contributed by atoms with Crippen molar-refractivity contribution in [2.24, 2.45) is 0 Å². The predicted molar refractivity (Wildman–Crippen MR) is 140 cm³/mol. The molecule has 0 spiro atoms. The maximum absolute atomic E-state index is 6.73. The van der Waals surface area contributed by atoms with Crippen LogP contribution in [0.3, 0.4) is 0 Å². The number of unbranched alkanes of at least 4 members (excludes halogenated alkanes) is 1. The van der Waals surface area contributed by atoms with Crippen molar-refractivity contribution >= 4 is 38.8 Å². The van der Waals surface area contributed by atoms with Crippen molar-refractivity contribution in [3.8, 4) is 22.6 Å². The van der Waals surface area contributed by atoms with E-state index < -0.39 is 0 Å². The number of hydrogen-bond donors (Lipinski definition) is 0. The van der Waals surface area contributed by atoms with Gasteiger partial charge in [-0.2, -0.15) is 0 Å². The molecule has 1 nitrogen and oxygen atoms in total. The monoisotopic (exact) mass is 554 g/mol. The zero-order valence-corrected chi connectivity index (χ0v) is 22.3. The third-order valence-electron chi connectivity index (χ3n) is 5.41. The summed E-state index contributed by atoms with van der Waals surface area (Å²) in [7, 11) is 0. The molecule has 0 N–H and O–H groups in total. The first-order chi connectivity index (χ1) is 15.8. The Morgan fingerprint density at radius 1 is 0.719 bits per heavy atom. The Kier molecular flexibility index (Phi) is 8.48. The van der Waals surface area contributed by atoms with Crippen LogP contribution < -0.4 is 8.92 Å². The van der Waals surface area contributed by atoms with E-state index in [0.29, 0.717) is 15.0 Å². The van der Waals surface area contributed by atoms with Gasteiger partial charge in [0.2, 0.25) is 0 Å². The molecule has 32 heavy (non-hydrogen) atoms. The Balaban J connectivity index is 1.79. The Morgan fingerprint density at radius 2 is 1.38 bits per heavy atom. The van der Waals surface area contributed by atoms with Crippen LogP contribution >= 0.6 is 0 Å². The Bertz CT molecular complexity index is 1100. The molecule has 0 saturated heterocycles. The second kappa shape index (κ2) is 11.7. The Morgan fingerprint density at radius 3 is 2.06 bits per heavy atom. The van der Waals surface area contributed by atoms with E-state index in [1.54, 1.807) is 0 Å². The molecule has 0 aliphatic rings. The fourth-order valence-electron chi connectivity index (χ4n) is 3.63. The number of rotatable bonds is 10. The summed E-state index contributed by atoms with van der Waals surface area (Å²) in [6.45, 7) is 4.43. The van der Waals surface area contributed by atoms with Gasteiger partial charge < -0.3 is 0 Å². The van der Waals surface area contributed by atoms with Crippen LogP contribution in [-0.2, 0) is 6.42 Å². The Hall–Kier alpha value is -2.02. The number of aryl methyl sites for hydroxylation is 1. The molecule has 4 rings (SSSR count). The van der Waals surface area contributed by atoms with Crippen LogP contribution in [0.5, 0.6) is 0 Å². The van der Waals surface area contributed by atoms with Crippen LogP contribution in [0.1, 0.15) is 30.9 Å². The summed E-state index contributed by atoms with van der Waals surface area (Å²) < 4.78 is 9.54. The summed E-state index contributed by atoms with van der Waals surface area (Å²) in [5.41, 5.74) is 5.08. The minimum atomic E-state index is 0.199. The van der Waals surface area contributed by atoms with E-state index in [9.17, 15) is 0 Å².